The normalized spacial score (nSPS) is 16.4. The molecule has 3 aliphatic rings. The van der Waals surface area contributed by atoms with Crippen molar-refractivity contribution in [2.24, 2.45) is 0 Å². The number of aryl methyl sites for hydroxylation is 2. The van der Waals surface area contributed by atoms with Crippen molar-refractivity contribution < 1.29 is 18.7 Å². The molecule has 0 amide bonds. The Kier molecular flexibility index (Phi) is 14.2. The lowest BCUT2D eigenvalue weighted by Gasteiger charge is -2.36. The summed E-state index contributed by atoms with van der Waals surface area (Å²) in [5.74, 6) is -0.816. The fourth-order valence-electron chi connectivity index (χ4n) is 7.16. The third-order valence-corrected chi connectivity index (χ3v) is 10.6. The molecule has 0 bridgehead atoms. The Balaban J connectivity index is 0.00000290. The number of anilines is 3. The molecule has 7 rings (SSSR count). The zero-order chi connectivity index (χ0) is 37.1. The Morgan fingerprint density at radius 2 is 1.60 bits per heavy atom. The maximum Gasteiger partial charge on any atom is 0.343 e. The zero-order valence-corrected chi connectivity index (χ0v) is 32.9. The second-order valence-corrected chi connectivity index (χ2v) is 14.4. The van der Waals surface area contributed by atoms with Crippen molar-refractivity contribution in [2.75, 3.05) is 82.4 Å². The number of H-pyrrole nitrogens is 1. The summed E-state index contributed by atoms with van der Waals surface area (Å²) in [6.07, 6.45) is 4.90. The van der Waals surface area contributed by atoms with Gasteiger partial charge in [-0.2, -0.15) is 0 Å². The largest absolute Gasteiger partial charge is 0.461 e. The standard InChI is InChI=1S/C39H48FN7O6.2ClH/c1-26-5-6-28(21-27(26)2)41-35-24-36(48)46(39(51)42-35)10-4-3-9-43-11-13-45(14-12-43)34-23-33-30(22-32(34)40)37(49)31(25-47(33)29-7-8-29)38(50)53-20-17-44-15-18-52-19-16-44;;/h5-6,21-25,29,41H,3-4,7-20H2,1-2H3,(H,42,51);2*1H. The van der Waals surface area contributed by atoms with E-state index >= 15 is 4.39 Å². The first kappa shape index (κ1) is 41.9. The fraction of sp³-hybridized carbons (Fsp3) is 0.487. The monoisotopic (exact) mass is 801 g/mol. The number of nitrogens with one attached hydrogen (secondary N) is 2. The van der Waals surface area contributed by atoms with Gasteiger partial charge in [0.2, 0.25) is 5.43 Å². The van der Waals surface area contributed by atoms with Crippen LogP contribution < -0.4 is 26.9 Å². The number of piperazine rings is 1. The predicted octanol–water partition coefficient (Wildman–Crippen LogP) is 4.62. The number of carbonyl (C=O) groups excluding carboxylic acids is 1. The number of morpholine rings is 1. The Morgan fingerprint density at radius 1 is 0.891 bits per heavy atom. The van der Waals surface area contributed by atoms with Gasteiger partial charge in [0.1, 0.15) is 23.8 Å². The topological polar surface area (TPSA) is 134 Å². The highest BCUT2D eigenvalue weighted by atomic mass is 35.5. The van der Waals surface area contributed by atoms with E-state index in [1.165, 1.54) is 16.7 Å². The molecule has 4 aromatic rings. The van der Waals surface area contributed by atoms with E-state index < -0.39 is 22.9 Å². The number of halogens is 3. The Hall–Kier alpha value is -4.21. The van der Waals surface area contributed by atoms with Crippen molar-refractivity contribution in [2.45, 2.75) is 52.1 Å². The third kappa shape index (κ3) is 9.97. The lowest BCUT2D eigenvalue weighted by atomic mass is 10.1. The Bertz CT molecular complexity index is 2130. The molecule has 298 valence electrons. The lowest BCUT2D eigenvalue weighted by molar-refractivity contribution is 0.0195. The second kappa shape index (κ2) is 18.6. The molecular weight excluding hydrogens is 752 g/mol. The summed E-state index contributed by atoms with van der Waals surface area (Å²) in [5.41, 5.74) is 2.76. The number of aromatic nitrogens is 3. The molecule has 2 aliphatic heterocycles. The number of pyridine rings is 1. The highest BCUT2D eigenvalue weighted by Gasteiger charge is 2.29. The van der Waals surface area contributed by atoms with Crippen LogP contribution in [0.25, 0.3) is 10.9 Å². The molecule has 4 heterocycles. The number of hydrogen-bond acceptors (Lipinski definition) is 10. The van der Waals surface area contributed by atoms with Gasteiger partial charge in [0, 0.05) is 81.7 Å². The minimum absolute atomic E-state index is 0. The number of esters is 1. The van der Waals surface area contributed by atoms with Crippen LogP contribution in [0.4, 0.5) is 21.6 Å². The van der Waals surface area contributed by atoms with Gasteiger partial charge in [0.05, 0.1) is 24.4 Å². The van der Waals surface area contributed by atoms with Gasteiger partial charge in [-0.1, -0.05) is 6.07 Å². The van der Waals surface area contributed by atoms with Gasteiger partial charge in [-0.05, 0) is 81.5 Å². The van der Waals surface area contributed by atoms with E-state index in [9.17, 15) is 19.2 Å². The molecule has 16 heteroatoms. The molecule has 2 N–H and O–H groups in total. The van der Waals surface area contributed by atoms with Crippen molar-refractivity contribution in [1.29, 1.82) is 0 Å². The molecule has 2 saturated heterocycles. The van der Waals surface area contributed by atoms with Crippen LogP contribution in [-0.2, 0) is 16.0 Å². The molecular formula is C39H50Cl2FN7O6. The van der Waals surface area contributed by atoms with Crippen molar-refractivity contribution in [3.8, 4) is 0 Å². The zero-order valence-electron chi connectivity index (χ0n) is 31.3. The van der Waals surface area contributed by atoms with E-state index in [1.807, 2.05) is 41.5 Å². The van der Waals surface area contributed by atoms with Gasteiger partial charge in [-0.25, -0.2) is 14.0 Å². The van der Waals surface area contributed by atoms with Gasteiger partial charge in [0.25, 0.3) is 5.56 Å². The highest BCUT2D eigenvalue weighted by molar-refractivity contribution is 5.94. The van der Waals surface area contributed by atoms with Crippen LogP contribution >= 0.6 is 24.8 Å². The quantitative estimate of drug-likeness (QED) is 0.146. The van der Waals surface area contributed by atoms with Crippen LogP contribution in [0.2, 0.25) is 0 Å². The average molecular weight is 803 g/mol. The predicted molar refractivity (Wildman–Crippen MR) is 217 cm³/mol. The third-order valence-electron chi connectivity index (χ3n) is 10.6. The van der Waals surface area contributed by atoms with Gasteiger partial charge in [0.15, 0.2) is 0 Å². The lowest BCUT2D eigenvalue weighted by Crippen LogP contribution is -2.47. The van der Waals surface area contributed by atoms with E-state index in [0.717, 1.165) is 68.8 Å². The molecule has 3 fully saturated rings. The van der Waals surface area contributed by atoms with E-state index in [-0.39, 0.29) is 54.0 Å². The van der Waals surface area contributed by atoms with Gasteiger partial charge in [-0.15, -0.1) is 24.8 Å². The summed E-state index contributed by atoms with van der Waals surface area (Å²) < 4.78 is 29.7. The summed E-state index contributed by atoms with van der Waals surface area (Å²) >= 11 is 0. The van der Waals surface area contributed by atoms with E-state index in [0.29, 0.717) is 62.8 Å². The number of aromatic amines is 1. The van der Waals surface area contributed by atoms with Crippen LogP contribution in [0.3, 0.4) is 0 Å². The summed E-state index contributed by atoms with van der Waals surface area (Å²) in [5, 5.41) is 3.30. The molecule has 0 unspecified atom stereocenters. The van der Waals surface area contributed by atoms with Crippen LogP contribution in [0.15, 0.2) is 57.0 Å². The number of benzene rings is 2. The summed E-state index contributed by atoms with van der Waals surface area (Å²) in [6.45, 7) is 11.4. The van der Waals surface area contributed by atoms with E-state index in [1.54, 1.807) is 12.3 Å². The second-order valence-electron chi connectivity index (χ2n) is 14.4. The number of fused-ring (bicyclic) bond motifs is 1. The van der Waals surface area contributed by atoms with Crippen LogP contribution in [-0.4, -0.2) is 102 Å². The Morgan fingerprint density at radius 3 is 2.29 bits per heavy atom. The first-order chi connectivity index (χ1) is 25.6. The van der Waals surface area contributed by atoms with E-state index in [4.69, 9.17) is 9.47 Å². The number of hydrogen-bond donors (Lipinski definition) is 2. The maximum absolute atomic E-state index is 15.7. The average Bonchev–Trinajstić information content (AvgIpc) is 3.99. The first-order valence-corrected chi connectivity index (χ1v) is 18.7. The highest BCUT2D eigenvalue weighted by Crippen LogP contribution is 2.38. The smallest absolute Gasteiger partial charge is 0.343 e. The van der Waals surface area contributed by atoms with Gasteiger partial charge >= 0.3 is 11.7 Å². The summed E-state index contributed by atoms with van der Waals surface area (Å²) in [6, 6.07) is 10.5. The molecule has 0 radical (unpaired) electrons. The SMILES string of the molecule is Cc1ccc(Nc2cc(=O)n(CCCCN3CCN(c4cc5c(cc4F)c(=O)c(C(=O)OCCN4CCOCC4)cn5C4CC4)CC3)c(=O)[nH]2)cc1C.Cl.Cl. The summed E-state index contributed by atoms with van der Waals surface area (Å²) in [7, 11) is 0. The molecule has 0 atom stereocenters. The van der Waals surface area contributed by atoms with Crippen molar-refractivity contribution >= 4 is 58.9 Å². The Labute approximate surface area is 331 Å². The summed E-state index contributed by atoms with van der Waals surface area (Å²) in [4.78, 5) is 61.3. The maximum atomic E-state index is 15.7. The molecule has 1 saturated carbocycles. The van der Waals surface area contributed by atoms with Crippen molar-refractivity contribution in [3.63, 3.8) is 0 Å². The van der Waals surface area contributed by atoms with Crippen molar-refractivity contribution in [3.05, 3.63) is 96.2 Å². The van der Waals surface area contributed by atoms with Gasteiger partial charge in [-0.3, -0.25) is 28.9 Å². The number of nitrogens with zero attached hydrogens (tertiary/aromatic N) is 5. The minimum Gasteiger partial charge on any atom is -0.461 e. The number of rotatable bonds is 13. The molecule has 2 aromatic heterocycles. The van der Waals surface area contributed by atoms with Crippen molar-refractivity contribution in [1.82, 2.24) is 23.9 Å². The van der Waals surface area contributed by atoms with Gasteiger partial charge < -0.3 is 24.3 Å². The van der Waals surface area contributed by atoms with Crippen LogP contribution in [0, 0.1) is 19.7 Å². The molecule has 2 aromatic carbocycles. The fourth-order valence-corrected chi connectivity index (χ4v) is 7.16. The molecule has 0 spiro atoms. The number of unbranched alkanes of at least 4 members (excludes halogenated alkanes) is 1. The number of carbonyl (C=O) groups is 1. The van der Waals surface area contributed by atoms with Crippen LogP contribution in [0.1, 0.15) is 53.2 Å². The van der Waals surface area contributed by atoms with E-state index in [2.05, 4.69) is 20.1 Å². The molecule has 55 heavy (non-hydrogen) atoms. The molecule has 1 aliphatic carbocycles. The minimum atomic E-state index is -0.682. The van der Waals surface area contributed by atoms with Crippen LogP contribution in [0.5, 0.6) is 0 Å². The molecule has 13 nitrogen and oxygen atoms in total. The number of ether oxygens (including phenoxy) is 2. The first-order valence-electron chi connectivity index (χ1n) is 18.7.